The third kappa shape index (κ3) is 7.91. The molecule has 0 N–H and O–H groups in total. The van der Waals surface area contributed by atoms with E-state index >= 15 is 0 Å². The standard InChI is InChI=1S/C31H37ClIN3O4/c32-30-26(33)9-6-10-28(30)36-18-16-35(17-19-36)15-4-5-20-38-25-13-11-23-12-14-29(34-27(23)21-25)39-22-40-31(37)24-7-2-1-3-8-24/h6,9-14,21,24H,1-5,7-8,15-20,22H2. The predicted octanol–water partition coefficient (Wildman–Crippen LogP) is 6.93. The van der Waals surface area contributed by atoms with E-state index < -0.39 is 0 Å². The Bertz CT molecular complexity index is 1280. The van der Waals surface area contributed by atoms with Crippen LogP contribution in [0.4, 0.5) is 5.69 Å². The molecular formula is C31H37ClIN3O4. The van der Waals surface area contributed by atoms with Gasteiger partial charge in [0.15, 0.2) is 0 Å². The van der Waals surface area contributed by atoms with Crippen LogP contribution in [0.3, 0.4) is 0 Å². The second-order valence-corrected chi connectivity index (χ2v) is 12.1. The van der Waals surface area contributed by atoms with Gasteiger partial charge in [0.1, 0.15) is 5.75 Å². The molecule has 5 rings (SSSR count). The van der Waals surface area contributed by atoms with Gasteiger partial charge in [0, 0.05) is 47.3 Å². The van der Waals surface area contributed by atoms with Gasteiger partial charge in [-0.05, 0) is 85.2 Å². The number of aromatic nitrogens is 1. The van der Waals surface area contributed by atoms with E-state index in [1.54, 1.807) is 6.07 Å². The first-order valence-corrected chi connectivity index (χ1v) is 15.8. The summed E-state index contributed by atoms with van der Waals surface area (Å²) in [4.78, 5) is 21.7. The first kappa shape index (κ1) is 29.2. The van der Waals surface area contributed by atoms with Crippen molar-refractivity contribution in [3.8, 4) is 11.6 Å². The molecule has 1 aliphatic carbocycles. The van der Waals surface area contributed by atoms with E-state index in [0.717, 1.165) is 102 Å². The van der Waals surface area contributed by atoms with Gasteiger partial charge >= 0.3 is 5.97 Å². The maximum Gasteiger partial charge on any atom is 0.311 e. The molecule has 0 unspecified atom stereocenters. The Kier molecular flexibility index (Phi) is 10.6. The van der Waals surface area contributed by atoms with Crippen LogP contribution in [0.25, 0.3) is 10.9 Å². The average molecular weight is 678 g/mol. The summed E-state index contributed by atoms with van der Waals surface area (Å²) in [5.74, 6) is 1.08. The lowest BCUT2D eigenvalue weighted by atomic mass is 9.89. The molecule has 0 amide bonds. The lowest BCUT2D eigenvalue weighted by molar-refractivity contribution is -0.156. The number of ether oxygens (including phenoxy) is 3. The fourth-order valence-electron chi connectivity index (χ4n) is 5.43. The fourth-order valence-corrected chi connectivity index (χ4v) is 6.16. The van der Waals surface area contributed by atoms with Crippen molar-refractivity contribution in [2.24, 2.45) is 5.92 Å². The van der Waals surface area contributed by atoms with E-state index in [1.165, 1.54) is 6.42 Å². The van der Waals surface area contributed by atoms with Gasteiger partial charge in [-0.15, -0.1) is 0 Å². The Balaban J connectivity index is 1.01. The van der Waals surface area contributed by atoms with Crippen molar-refractivity contribution < 1.29 is 19.0 Å². The number of rotatable bonds is 11. The van der Waals surface area contributed by atoms with Crippen LogP contribution < -0.4 is 14.4 Å². The highest BCUT2D eigenvalue weighted by atomic mass is 127. The Morgan fingerprint density at radius 2 is 1.77 bits per heavy atom. The van der Waals surface area contributed by atoms with Crippen LogP contribution in [0, 0.1) is 9.49 Å². The van der Waals surface area contributed by atoms with Gasteiger partial charge in [-0.3, -0.25) is 9.69 Å². The Hall–Kier alpha value is -2.30. The Labute approximate surface area is 255 Å². The molecule has 0 bridgehead atoms. The second-order valence-electron chi connectivity index (χ2n) is 10.5. The van der Waals surface area contributed by atoms with Crippen LogP contribution in [-0.4, -0.2) is 62.0 Å². The fraction of sp³-hybridized carbons (Fsp3) is 0.484. The number of esters is 1. The van der Waals surface area contributed by atoms with Crippen molar-refractivity contribution >= 4 is 56.8 Å². The minimum Gasteiger partial charge on any atom is -0.494 e. The summed E-state index contributed by atoms with van der Waals surface area (Å²) in [5.41, 5.74) is 1.93. The van der Waals surface area contributed by atoms with Gasteiger partial charge < -0.3 is 19.1 Å². The number of nitrogens with zero attached hydrogens (tertiary/aromatic N) is 3. The minimum absolute atomic E-state index is 0.00947. The molecule has 7 nitrogen and oxygen atoms in total. The number of pyridine rings is 1. The van der Waals surface area contributed by atoms with E-state index in [0.29, 0.717) is 12.5 Å². The van der Waals surface area contributed by atoms with Gasteiger partial charge in [-0.2, -0.15) is 0 Å². The summed E-state index contributed by atoms with van der Waals surface area (Å²) < 4.78 is 18.1. The third-order valence-corrected chi connectivity index (χ3v) is 9.38. The number of carbonyl (C=O) groups is 1. The average Bonchev–Trinajstić information content (AvgIpc) is 2.99. The van der Waals surface area contributed by atoms with Gasteiger partial charge in [0.2, 0.25) is 12.7 Å². The zero-order valence-electron chi connectivity index (χ0n) is 22.8. The molecule has 2 aliphatic rings. The van der Waals surface area contributed by atoms with E-state index in [4.69, 9.17) is 25.8 Å². The smallest absolute Gasteiger partial charge is 0.311 e. The predicted molar refractivity (Wildman–Crippen MR) is 167 cm³/mol. The van der Waals surface area contributed by atoms with E-state index in [-0.39, 0.29) is 18.7 Å². The Morgan fingerprint density at radius 1 is 0.975 bits per heavy atom. The molecule has 1 aromatic heterocycles. The van der Waals surface area contributed by atoms with Crippen molar-refractivity contribution in [1.82, 2.24) is 9.88 Å². The number of hydrogen-bond donors (Lipinski definition) is 0. The summed E-state index contributed by atoms with van der Waals surface area (Å²) in [6.07, 6.45) is 7.31. The molecule has 2 fully saturated rings. The molecule has 214 valence electrons. The number of benzene rings is 2. The monoisotopic (exact) mass is 677 g/mol. The zero-order chi connectivity index (χ0) is 27.7. The molecule has 0 radical (unpaired) electrons. The largest absolute Gasteiger partial charge is 0.494 e. The van der Waals surface area contributed by atoms with Gasteiger partial charge in [0.25, 0.3) is 0 Å². The molecule has 1 saturated carbocycles. The molecule has 0 spiro atoms. The lowest BCUT2D eigenvalue weighted by Gasteiger charge is -2.36. The van der Waals surface area contributed by atoms with Crippen LogP contribution in [0.5, 0.6) is 11.6 Å². The van der Waals surface area contributed by atoms with Crippen molar-refractivity contribution in [1.29, 1.82) is 0 Å². The summed E-state index contributed by atoms with van der Waals surface area (Å²) >= 11 is 8.82. The van der Waals surface area contributed by atoms with Gasteiger partial charge in [-0.25, -0.2) is 4.98 Å². The number of carbonyl (C=O) groups excluding carboxylic acids is 1. The molecule has 3 aromatic rings. The van der Waals surface area contributed by atoms with Crippen molar-refractivity contribution in [2.75, 3.05) is 51.0 Å². The van der Waals surface area contributed by atoms with E-state index in [1.807, 2.05) is 30.3 Å². The van der Waals surface area contributed by atoms with E-state index in [9.17, 15) is 4.79 Å². The lowest BCUT2D eigenvalue weighted by Crippen LogP contribution is -2.46. The SMILES string of the molecule is O=C(OCOc1ccc2ccc(OCCCCN3CCN(c4cccc(I)c4Cl)CC3)cc2n1)C1CCCCC1. The molecule has 9 heteroatoms. The summed E-state index contributed by atoms with van der Waals surface area (Å²) in [5, 5.41) is 1.86. The molecular weight excluding hydrogens is 641 g/mol. The van der Waals surface area contributed by atoms with E-state index in [2.05, 4.69) is 49.5 Å². The number of hydrogen-bond acceptors (Lipinski definition) is 7. The number of unbranched alkanes of at least 4 members (excludes halogenated alkanes) is 1. The van der Waals surface area contributed by atoms with Crippen LogP contribution in [0.1, 0.15) is 44.9 Å². The molecule has 2 heterocycles. The molecule has 0 atom stereocenters. The number of fused-ring (bicyclic) bond motifs is 1. The zero-order valence-corrected chi connectivity index (χ0v) is 25.7. The number of halogens is 2. The van der Waals surface area contributed by atoms with Gasteiger partial charge in [0.05, 0.1) is 28.8 Å². The molecule has 1 aliphatic heterocycles. The molecule has 2 aromatic carbocycles. The second kappa shape index (κ2) is 14.5. The number of anilines is 1. The molecule has 1 saturated heterocycles. The van der Waals surface area contributed by atoms with Gasteiger partial charge in [-0.1, -0.05) is 36.9 Å². The first-order chi connectivity index (χ1) is 19.6. The van der Waals surface area contributed by atoms with Crippen LogP contribution in [-0.2, 0) is 9.53 Å². The van der Waals surface area contributed by atoms with Crippen molar-refractivity contribution in [3.05, 3.63) is 57.1 Å². The number of piperazine rings is 1. The van der Waals surface area contributed by atoms with Crippen molar-refractivity contribution in [3.63, 3.8) is 0 Å². The third-order valence-electron chi connectivity index (χ3n) is 7.77. The van der Waals surface area contributed by atoms with Crippen LogP contribution in [0.2, 0.25) is 5.02 Å². The topological polar surface area (TPSA) is 64.1 Å². The quantitative estimate of drug-likeness (QED) is 0.0944. The highest BCUT2D eigenvalue weighted by Crippen LogP contribution is 2.31. The highest BCUT2D eigenvalue weighted by Gasteiger charge is 2.22. The Morgan fingerprint density at radius 3 is 2.60 bits per heavy atom. The normalized spacial score (nSPS) is 16.7. The first-order valence-electron chi connectivity index (χ1n) is 14.3. The maximum absolute atomic E-state index is 12.2. The maximum atomic E-state index is 12.2. The summed E-state index contributed by atoms with van der Waals surface area (Å²) in [6, 6.07) is 15.9. The minimum atomic E-state index is -0.162. The molecule has 40 heavy (non-hydrogen) atoms. The summed E-state index contributed by atoms with van der Waals surface area (Å²) in [7, 11) is 0. The van der Waals surface area contributed by atoms with Crippen LogP contribution >= 0.6 is 34.2 Å². The van der Waals surface area contributed by atoms with Crippen LogP contribution in [0.15, 0.2) is 48.5 Å². The highest BCUT2D eigenvalue weighted by molar-refractivity contribution is 14.1. The van der Waals surface area contributed by atoms with Crippen molar-refractivity contribution in [2.45, 2.75) is 44.9 Å². The summed E-state index contributed by atoms with van der Waals surface area (Å²) in [6.45, 7) is 5.70.